The van der Waals surface area contributed by atoms with Crippen molar-refractivity contribution in [2.75, 3.05) is 20.3 Å². The van der Waals surface area contributed by atoms with Crippen molar-refractivity contribution in [1.29, 1.82) is 0 Å². The highest BCUT2D eigenvalue weighted by Gasteiger charge is 2.06. The van der Waals surface area contributed by atoms with Crippen LogP contribution in [0.5, 0.6) is 0 Å². The molecule has 102 valence electrons. The molecule has 0 fully saturated rings. The van der Waals surface area contributed by atoms with Gasteiger partial charge in [0, 0.05) is 21.0 Å². The SMILES string of the molecule is CC(=O)O.COC(C)COCC(C)OC(C)=O. The van der Waals surface area contributed by atoms with E-state index in [4.69, 9.17) is 24.1 Å². The first kappa shape index (κ1) is 18.2. The fourth-order valence-corrected chi connectivity index (χ4v) is 0.785. The van der Waals surface area contributed by atoms with Crippen LogP contribution in [0.25, 0.3) is 0 Å². The largest absolute Gasteiger partial charge is 0.481 e. The van der Waals surface area contributed by atoms with Crippen molar-refractivity contribution in [2.24, 2.45) is 0 Å². The average Bonchev–Trinajstić information content (AvgIpc) is 2.15. The predicted molar refractivity (Wildman–Crippen MR) is 61.8 cm³/mol. The molecule has 17 heavy (non-hydrogen) atoms. The molecule has 0 aromatic carbocycles. The Bertz CT molecular complexity index is 212. The van der Waals surface area contributed by atoms with Crippen LogP contribution in [0.4, 0.5) is 0 Å². The molecule has 6 heteroatoms. The van der Waals surface area contributed by atoms with Gasteiger partial charge in [-0.2, -0.15) is 0 Å². The second kappa shape index (κ2) is 11.3. The summed E-state index contributed by atoms with van der Waals surface area (Å²) in [5, 5.41) is 7.42. The van der Waals surface area contributed by atoms with Crippen LogP contribution >= 0.6 is 0 Å². The minimum Gasteiger partial charge on any atom is -0.481 e. The van der Waals surface area contributed by atoms with Gasteiger partial charge in [0.05, 0.1) is 19.3 Å². The summed E-state index contributed by atoms with van der Waals surface area (Å²) in [5.41, 5.74) is 0. The first-order valence-electron chi connectivity index (χ1n) is 5.26. The summed E-state index contributed by atoms with van der Waals surface area (Å²) in [7, 11) is 1.63. The third-order valence-corrected chi connectivity index (χ3v) is 1.47. The summed E-state index contributed by atoms with van der Waals surface area (Å²) < 4.78 is 15.1. The highest BCUT2D eigenvalue weighted by atomic mass is 16.6. The summed E-state index contributed by atoms with van der Waals surface area (Å²) in [6, 6.07) is 0. The topological polar surface area (TPSA) is 82.1 Å². The summed E-state index contributed by atoms with van der Waals surface area (Å²) in [6.45, 7) is 7.10. The van der Waals surface area contributed by atoms with E-state index in [9.17, 15) is 4.79 Å². The lowest BCUT2D eigenvalue weighted by Crippen LogP contribution is -2.22. The van der Waals surface area contributed by atoms with E-state index in [2.05, 4.69) is 0 Å². The minimum absolute atomic E-state index is 0.0736. The molecular formula is C11H22O6. The Morgan fingerprint density at radius 1 is 1.12 bits per heavy atom. The van der Waals surface area contributed by atoms with Crippen LogP contribution in [0.2, 0.25) is 0 Å². The molecule has 0 aliphatic carbocycles. The van der Waals surface area contributed by atoms with Crippen molar-refractivity contribution in [3.05, 3.63) is 0 Å². The normalized spacial score (nSPS) is 13.0. The highest BCUT2D eigenvalue weighted by Crippen LogP contribution is 1.95. The van der Waals surface area contributed by atoms with Crippen LogP contribution in [-0.2, 0) is 23.8 Å². The first-order valence-corrected chi connectivity index (χ1v) is 5.26. The van der Waals surface area contributed by atoms with Gasteiger partial charge in [0.25, 0.3) is 5.97 Å². The Morgan fingerprint density at radius 2 is 1.53 bits per heavy atom. The fourth-order valence-electron chi connectivity index (χ4n) is 0.785. The maximum absolute atomic E-state index is 10.5. The van der Waals surface area contributed by atoms with E-state index in [0.29, 0.717) is 13.2 Å². The standard InChI is InChI=1S/C9H18O4.C2H4O2/c1-7(11-4)5-12-6-8(2)13-9(3)10;1-2(3)4/h7-8H,5-6H2,1-4H3;1H3,(H,3,4). The molecule has 2 atom stereocenters. The number of aliphatic carboxylic acids is 1. The van der Waals surface area contributed by atoms with Crippen LogP contribution in [-0.4, -0.2) is 49.6 Å². The van der Waals surface area contributed by atoms with Crippen molar-refractivity contribution in [3.63, 3.8) is 0 Å². The first-order chi connectivity index (χ1) is 7.79. The van der Waals surface area contributed by atoms with E-state index < -0.39 is 5.97 Å². The lowest BCUT2D eigenvalue weighted by Gasteiger charge is -2.14. The Morgan fingerprint density at radius 3 is 1.88 bits per heavy atom. The second-order valence-corrected chi connectivity index (χ2v) is 3.52. The number of rotatable bonds is 6. The molecule has 0 aliphatic rings. The number of carboxylic acid groups (broad SMARTS) is 1. The smallest absolute Gasteiger partial charge is 0.302 e. The summed E-state index contributed by atoms with van der Waals surface area (Å²) in [4.78, 5) is 19.5. The van der Waals surface area contributed by atoms with Gasteiger partial charge >= 0.3 is 5.97 Å². The molecule has 0 heterocycles. The number of hydrogen-bond donors (Lipinski definition) is 1. The quantitative estimate of drug-likeness (QED) is 0.710. The number of ether oxygens (including phenoxy) is 3. The maximum Gasteiger partial charge on any atom is 0.302 e. The van der Waals surface area contributed by atoms with E-state index in [1.54, 1.807) is 14.0 Å². The molecule has 0 saturated carbocycles. The van der Waals surface area contributed by atoms with Gasteiger partial charge in [-0.05, 0) is 13.8 Å². The molecule has 0 saturated heterocycles. The van der Waals surface area contributed by atoms with Crippen LogP contribution in [0.15, 0.2) is 0 Å². The molecule has 0 aliphatic heterocycles. The van der Waals surface area contributed by atoms with Crippen LogP contribution in [0.1, 0.15) is 27.7 Å². The molecule has 2 unspecified atom stereocenters. The molecule has 0 bridgehead atoms. The molecule has 0 amide bonds. The van der Waals surface area contributed by atoms with E-state index in [0.717, 1.165) is 6.92 Å². The van der Waals surface area contributed by atoms with E-state index in [-0.39, 0.29) is 18.2 Å². The molecular weight excluding hydrogens is 228 g/mol. The van der Waals surface area contributed by atoms with E-state index in [1.807, 2.05) is 6.92 Å². The molecule has 0 rings (SSSR count). The van der Waals surface area contributed by atoms with E-state index in [1.165, 1.54) is 6.92 Å². The van der Waals surface area contributed by atoms with Crippen molar-refractivity contribution >= 4 is 11.9 Å². The zero-order valence-corrected chi connectivity index (χ0v) is 11.1. The third kappa shape index (κ3) is 20.8. The number of carbonyl (C=O) groups excluding carboxylic acids is 1. The monoisotopic (exact) mass is 250 g/mol. The molecule has 0 aromatic heterocycles. The number of esters is 1. The van der Waals surface area contributed by atoms with Gasteiger partial charge in [-0.1, -0.05) is 0 Å². The molecule has 0 aromatic rings. The van der Waals surface area contributed by atoms with Crippen molar-refractivity contribution in [2.45, 2.75) is 39.9 Å². The number of hydrogen-bond acceptors (Lipinski definition) is 5. The lowest BCUT2D eigenvalue weighted by atomic mass is 10.4. The zero-order valence-electron chi connectivity index (χ0n) is 11.1. The number of carbonyl (C=O) groups is 2. The van der Waals surface area contributed by atoms with Crippen molar-refractivity contribution < 1.29 is 28.9 Å². The van der Waals surface area contributed by atoms with Crippen molar-refractivity contribution in [1.82, 2.24) is 0 Å². The van der Waals surface area contributed by atoms with Gasteiger partial charge in [-0.25, -0.2) is 0 Å². The van der Waals surface area contributed by atoms with Gasteiger partial charge < -0.3 is 19.3 Å². The minimum atomic E-state index is -0.833. The lowest BCUT2D eigenvalue weighted by molar-refractivity contribution is -0.148. The number of methoxy groups -OCH3 is 1. The predicted octanol–water partition coefficient (Wildman–Crippen LogP) is 1.08. The summed E-state index contributed by atoms with van der Waals surface area (Å²) in [5.74, 6) is -1.11. The second-order valence-electron chi connectivity index (χ2n) is 3.52. The molecule has 0 radical (unpaired) electrons. The fraction of sp³-hybridized carbons (Fsp3) is 0.818. The van der Waals surface area contributed by atoms with Gasteiger partial charge in [0.2, 0.25) is 0 Å². The Hall–Kier alpha value is -1.14. The van der Waals surface area contributed by atoms with Gasteiger partial charge in [-0.3, -0.25) is 9.59 Å². The van der Waals surface area contributed by atoms with Gasteiger partial charge in [0.15, 0.2) is 0 Å². The van der Waals surface area contributed by atoms with Crippen LogP contribution < -0.4 is 0 Å². The molecule has 0 spiro atoms. The van der Waals surface area contributed by atoms with Crippen LogP contribution in [0.3, 0.4) is 0 Å². The highest BCUT2D eigenvalue weighted by molar-refractivity contribution is 5.66. The zero-order chi connectivity index (χ0) is 13.8. The Kier molecular flexibility index (Phi) is 12.2. The Balaban J connectivity index is 0. The summed E-state index contributed by atoms with van der Waals surface area (Å²) >= 11 is 0. The Labute approximate surface area is 102 Å². The average molecular weight is 250 g/mol. The number of carboxylic acids is 1. The van der Waals surface area contributed by atoms with Crippen molar-refractivity contribution in [3.8, 4) is 0 Å². The van der Waals surface area contributed by atoms with Gasteiger partial charge in [0.1, 0.15) is 6.10 Å². The molecule has 6 nitrogen and oxygen atoms in total. The maximum atomic E-state index is 10.5. The van der Waals surface area contributed by atoms with Gasteiger partial charge in [-0.15, -0.1) is 0 Å². The third-order valence-electron chi connectivity index (χ3n) is 1.47. The molecule has 1 N–H and O–H groups in total. The summed E-state index contributed by atoms with van der Waals surface area (Å²) in [6.07, 6.45) is -0.119. The van der Waals surface area contributed by atoms with E-state index >= 15 is 0 Å². The van der Waals surface area contributed by atoms with Crippen LogP contribution in [0, 0.1) is 0 Å².